The molecular weight excluding hydrogens is 242 g/mol. The van der Waals surface area contributed by atoms with Crippen molar-refractivity contribution in [3.05, 3.63) is 0 Å². The lowest BCUT2D eigenvalue weighted by molar-refractivity contribution is 0.0925. The van der Waals surface area contributed by atoms with Crippen LogP contribution in [0.1, 0.15) is 46.5 Å². The predicted molar refractivity (Wildman–Crippen MR) is 75.3 cm³/mol. The van der Waals surface area contributed by atoms with Gasteiger partial charge in [-0.3, -0.25) is 0 Å². The molecule has 0 amide bonds. The van der Waals surface area contributed by atoms with Crippen molar-refractivity contribution in [2.75, 3.05) is 23.7 Å². The Kier molecular flexibility index (Phi) is 4.07. The zero-order chi connectivity index (χ0) is 13.9. The molecule has 19 heavy (non-hydrogen) atoms. The summed E-state index contributed by atoms with van der Waals surface area (Å²) in [5.74, 6) is 0.853. The van der Waals surface area contributed by atoms with Gasteiger partial charge >= 0.3 is 6.01 Å². The largest absolute Gasteiger partial charge is 0.457 e. The molecule has 0 spiro atoms. The molecule has 1 aliphatic rings. The Labute approximate surface area is 114 Å². The van der Waals surface area contributed by atoms with Crippen LogP contribution in [0.3, 0.4) is 0 Å². The molecule has 0 unspecified atom stereocenters. The first kappa shape index (κ1) is 13.8. The molecule has 2 heterocycles. The summed E-state index contributed by atoms with van der Waals surface area (Å²) < 4.78 is 5.79. The number of rotatable bonds is 4. The fraction of sp³-hybridized carbons (Fsp3) is 0.769. The normalized spacial score (nSPS) is 16.5. The van der Waals surface area contributed by atoms with Crippen LogP contribution in [0.2, 0.25) is 0 Å². The highest BCUT2D eigenvalue weighted by molar-refractivity contribution is 5.36. The molecule has 0 radical (unpaired) electrons. The van der Waals surface area contributed by atoms with Crippen molar-refractivity contribution in [1.29, 1.82) is 0 Å². The molecule has 6 nitrogen and oxygen atoms in total. The number of nitrogens with two attached hydrogens (primary N) is 1. The van der Waals surface area contributed by atoms with Crippen molar-refractivity contribution in [1.82, 2.24) is 15.0 Å². The first-order valence-corrected chi connectivity index (χ1v) is 6.96. The third kappa shape index (κ3) is 3.68. The van der Waals surface area contributed by atoms with Crippen LogP contribution >= 0.6 is 0 Å². The Balaban J connectivity index is 2.19. The number of piperidine rings is 1. The maximum Gasteiger partial charge on any atom is 0.323 e. The van der Waals surface area contributed by atoms with Crippen LogP contribution in [0.15, 0.2) is 0 Å². The number of aromatic nitrogens is 3. The van der Waals surface area contributed by atoms with E-state index in [1.54, 1.807) is 0 Å². The molecule has 1 aromatic heterocycles. The minimum Gasteiger partial charge on any atom is -0.457 e. The lowest BCUT2D eigenvalue weighted by Gasteiger charge is -2.28. The van der Waals surface area contributed by atoms with Crippen molar-refractivity contribution in [3.63, 3.8) is 0 Å². The van der Waals surface area contributed by atoms with Crippen LogP contribution in [0.4, 0.5) is 11.9 Å². The molecule has 2 N–H and O–H groups in total. The molecule has 1 fully saturated rings. The molecule has 1 saturated heterocycles. The zero-order valence-electron chi connectivity index (χ0n) is 12.0. The maximum atomic E-state index is 5.79. The van der Waals surface area contributed by atoms with Gasteiger partial charge in [-0.05, 0) is 39.5 Å². The van der Waals surface area contributed by atoms with Gasteiger partial charge < -0.3 is 15.4 Å². The van der Waals surface area contributed by atoms with Gasteiger partial charge in [-0.25, -0.2) is 0 Å². The number of nitrogen functional groups attached to an aromatic ring is 1. The number of anilines is 2. The Morgan fingerprint density at radius 2 is 1.84 bits per heavy atom. The predicted octanol–water partition coefficient (Wildman–Crippen LogP) is 2.01. The molecule has 2 rings (SSSR count). The number of nitrogens with zero attached hydrogens (tertiary/aromatic N) is 4. The first-order chi connectivity index (χ1) is 9.00. The number of hydrogen-bond donors (Lipinski definition) is 1. The molecule has 106 valence electrons. The summed E-state index contributed by atoms with van der Waals surface area (Å²) in [6.45, 7) is 8.03. The highest BCUT2D eigenvalue weighted by Gasteiger charge is 2.21. The average Bonchev–Trinajstić information content (AvgIpc) is 2.38. The fourth-order valence-corrected chi connectivity index (χ4v) is 1.96. The summed E-state index contributed by atoms with van der Waals surface area (Å²) in [5.41, 5.74) is 5.46. The van der Waals surface area contributed by atoms with Crippen LogP contribution in [-0.4, -0.2) is 33.6 Å². The molecule has 0 aromatic carbocycles. The van der Waals surface area contributed by atoms with Gasteiger partial charge in [0, 0.05) is 13.1 Å². The molecule has 0 saturated carbocycles. The Morgan fingerprint density at radius 1 is 1.16 bits per heavy atom. The second kappa shape index (κ2) is 5.59. The Hall–Kier alpha value is -1.59. The number of hydrogen-bond acceptors (Lipinski definition) is 6. The molecule has 1 aromatic rings. The summed E-state index contributed by atoms with van der Waals surface area (Å²) in [5, 5.41) is 0. The van der Waals surface area contributed by atoms with Gasteiger partial charge in [0.25, 0.3) is 0 Å². The van der Waals surface area contributed by atoms with E-state index >= 15 is 0 Å². The topological polar surface area (TPSA) is 77.2 Å². The second-order valence-corrected chi connectivity index (χ2v) is 5.54. The second-order valence-electron chi connectivity index (χ2n) is 5.54. The molecule has 1 aliphatic heterocycles. The highest BCUT2D eigenvalue weighted by Crippen LogP contribution is 2.21. The van der Waals surface area contributed by atoms with E-state index < -0.39 is 0 Å². The van der Waals surface area contributed by atoms with Crippen molar-refractivity contribution in [3.8, 4) is 6.01 Å². The fourth-order valence-electron chi connectivity index (χ4n) is 1.96. The highest BCUT2D eigenvalue weighted by atomic mass is 16.5. The monoisotopic (exact) mass is 265 g/mol. The van der Waals surface area contributed by atoms with E-state index in [0.29, 0.717) is 12.0 Å². The molecule has 0 atom stereocenters. The van der Waals surface area contributed by atoms with E-state index in [4.69, 9.17) is 10.5 Å². The van der Waals surface area contributed by atoms with E-state index in [2.05, 4.69) is 26.8 Å². The molecular formula is C13H23N5O. The third-order valence-electron chi connectivity index (χ3n) is 3.48. The molecule has 0 bridgehead atoms. The van der Waals surface area contributed by atoms with Crippen LogP contribution in [-0.2, 0) is 0 Å². The van der Waals surface area contributed by atoms with Crippen LogP contribution in [0, 0.1) is 0 Å². The van der Waals surface area contributed by atoms with Gasteiger partial charge in [-0.15, -0.1) is 0 Å². The Bertz CT molecular complexity index is 429. The van der Waals surface area contributed by atoms with Crippen LogP contribution in [0.5, 0.6) is 6.01 Å². The van der Waals surface area contributed by atoms with E-state index in [-0.39, 0.29) is 11.5 Å². The minimum atomic E-state index is -0.299. The SMILES string of the molecule is CCC(C)(C)Oc1nc(N)nc(N2CCCCC2)n1. The van der Waals surface area contributed by atoms with Crippen molar-refractivity contribution >= 4 is 11.9 Å². The summed E-state index contributed by atoms with van der Waals surface area (Å²) in [6.07, 6.45) is 4.48. The van der Waals surface area contributed by atoms with Crippen molar-refractivity contribution in [2.24, 2.45) is 0 Å². The van der Waals surface area contributed by atoms with Crippen LogP contribution in [0.25, 0.3) is 0 Å². The standard InChI is InChI=1S/C13H23N5O/c1-4-13(2,3)19-12-16-10(14)15-11(17-12)18-8-6-5-7-9-18/h4-9H2,1-3H3,(H2,14,15,16,17). The third-order valence-corrected chi connectivity index (χ3v) is 3.48. The van der Waals surface area contributed by atoms with Gasteiger partial charge in [0.15, 0.2) is 0 Å². The van der Waals surface area contributed by atoms with Gasteiger partial charge in [0.2, 0.25) is 11.9 Å². The van der Waals surface area contributed by atoms with Gasteiger partial charge in [-0.1, -0.05) is 6.92 Å². The lowest BCUT2D eigenvalue weighted by Crippen LogP contribution is -2.32. The maximum absolute atomic E-state index is 5.79. The molecule has 6 heteroatoms. The van der Waals surface area contributed by atoms with E-state index in [9.17, 15) is 0 Å². The van der Waals surface area contributed by atoms with Crippen LogP contribution < -0.4 is 15.4 Å². The summed E-state index contributed by atoms with van der Waals surface area (Å²) in [6, 6.07) is 0.319. The summed E-state index contributed by atoms with van der Waals surface area (Å²) in [7, 11) is 0. The number of ether oxygens (including phenoxy) is 1. The van der Waals surface area contributed by atoms with E-state index in [1.807, 2.05) is 13.8 Å². The quantitative estimate of drug-likeness (QED) is 0.897. The lowest BCUT2D eigenvalue weighted by atomic mass is 10.1. The summed E-state index contributed by atoms with van der Waals surface area (Å²) in [4.78, 5) is 14.8. The van der Waals surface area contributed by atoms with Crippen molar-refractivity contribution < 1.29 is 4.74 Å². The van der Waals surface area contributed by atoms with Crippen molar-refractivity contribution in [2.45, 2.75) is 52.1 Å². The smallest absolute Gasteiger partial charge is 0.323 e. The zero-order valence-corrected chi connectivity index (χ0v) is 12.0. The molecule has 0 aliphatic carbocycles. The first-order valence-electron chi connectivity index (χ1n) is 6.96. The van der Waals surface area contributed by atoms with Gasteiger partial charge in [0.1, 0.15) is 5.60 Å². The van der Waals surface area contributed by atoms with E-state index in [0.717, 1.165) is 19.5 Å². The minimum absolute atomic E-state index is 0.220. The Morgan fingerprint density at radius 3 is 2.47 bits per heavy atom. The van der Waals surface area contributed by atoms with E-state index in [1.165, 1.54) is 19.3 Å². The summed E-state index contributed by atoms with van der Waals surface area (Å²) >= 11 is 0. The van der Waals surface area contributed by atoms with Gasteiger partial charge in [-0.2, -0.15) is 15.0 Å². The van der Waals surface area contributed by atoms with Gasteiger partial charge in [0.05, 0.1) is 0 Å². The average molecular weight is 265 g/mol.